The molecule has 0 spiro atoms. The maximum absolute atomic E-state index is 2.23. The summed E-state index contributed by atoms with van der Waals surface area (Å²) >= 11 is 3.48. The van der Waals surface area contributed by atoms with E-state index in [1.807, 2.05) is 0 Å². The van der Waals surface area contributed by atoms with Crippen molar-refractivity contribution in [1.29, 1.82) is 0 Å². The van der Waals surface area contributed by atoms with Crippen molar-refractivity contribution in [3.8, 4) is 0 Å². The molecule has 116 valence electrons. The molecule has 2 aromatic heterocycles. The molecule has 2 aromatic carbocycles. The summed E-state index contributed by atoms with van der Waals surface area (Å²) in [4.78, 5) is 0. The fourth-order valence-corrected chi connectivity index (χ4v) is 4.23. The third-order valence-corrected chi connectivity index (χ3v) is 5.36. The maximum atomic E-state index is 2.23. The number of rotatable bonds is 4. The summed E-state index contributed by atoms with van der Waals surface area (Å²) in [5.74, 6) is 0. The summed E-state index contributed by atoms with van der Waals surface area (Å²) in [6.07, 6.45) is 0. The van der Waals surface area contributed by atoms with E-state index in [4.69, 9.17) is 0 Å². The largest absolute Gasteiger partial charge is 0.152 e. The summed E-state index contributed by atoms with van der Waals surface area (Å²) in [7, 11) is 0. The molecular weight excluding hydrogens is 328 g/mol. The molecule has 0 saturated carbocycles. The number of hydrogen-bond acceptors (Lipinski definition) is 2. The van der Waals surface area contributed by atoms with Crippen LogP contribution in [-0.4, -0.2) is 0 Å². The van der Waals surface area contributed by atoms with Crippen LogP contribution >= 0.6 is 22.7 Å². The first-order chi connectivity index (χ1) is 11.9. The molecule has 0 unspecified atom stereocenters. The van der Waals surface area contributed by atoms with Gasteiger partial charge >= 0.3 is 0 Å². The fraction of sp³-hybridized carbons (Fsp3) is 0. The summed E-state index contributed by atoms with van der Waals surface area (Å²) in [5.41, 5.74) is 7.64. The highest BCUT2D eigenvalue weighted by Gasteiger charge is 2.16. The zero-order chi connectivity index (χ0) is 16.2. The Morgan fingerprint density at radius 3 is 1.21 bits per heavy atom. The molecule has 0 aliphatic carbocycles. The van der Waals surface area contributed by atoms with Crippen LogP contribution in [-0.2, 0) is 0 Å². The molecule has 0 bridgehead atoms. The van der Waals surface area contributed by atoms with Gasteiger partial charge in [0, 0.05) is 0 Å². The first-order valence-corrected chi connectivity index (χ1v) is 9.72. The van der Waals surface area contributed by atoms with Crippen molar-refractivity contribution in [2.45, 2.75) is 0 Å². The molecule has 0 N–H and O–H groups in total. The lowest BCUT2D eigenvalue weighted by Gasteiger charge is -2.15. The van der Waals surface area contributed by atoms with Gasteiger partial charge in [-0.1, -0.05) is 60.7 Å². The monoisotopic (exact) mass is 344 g/mol. The van der Waals surface area contributed by atoms with Gasteiger partial charge < -0.3 is 0 Å². The summed E-state index contributed by atoms with van der Waals surface area (Å²) in [6.45, 7) is 0. The van der Waals surface area contributed by atoms with Gasteiger partial charge in [0.2, 0.25) is 0 Å². The molecule has 2 heteroatoms. The van der Waals surface area contributed by atoms with Crippen LogP contribution in [0.15, 0.2) is 94.3 Å². The van der Waals surface area contributed by atoms with Crippen molar-refractivity contribution in [3.63, 3.8) is 0 Å². The third-order valence-electron chi connectivity index (χ3n) is 3.99. The molecule has 0 radical (unpaired) electrons. The average molecular weight is 345 g/mol. The molecule has 0 amide bonds. The molecule has 4 aromatic rings. The molecule has 0 aliphatic rings. The van der Waals surface area contributed by atoms with Crippen molar-refractivity contribution in [2.75, 3.05) is 0 Å². The van der Waals surface area contributed by atoms with Crippen molar-refractivity contribution in [2.24, 2.45) is 0 Å². The quantitative estimate of drug-likeness (QED) is 0.356. The van der Waals surface area contributed by atoms with E-state index in [0.29, 0.717) is 0 Å². The van der Waals surface area contributed by atoms with Crippen LogP contribution < -0.4 is 0 Å². The van der Waals surface area contributed by atoms with E-state index >= 15 is 0 Å². The van der Waals surface area contributed by atoms with E-state index in [1.54, 1.807) is 22.7 Å². The minimum Gasteiger partial charge on any atom is -0.152 e. The molecule has 0 saturated heterocycles. The van der Waals surface area contributed by atoms with Crippen molar-refractivity contribution >= 4 is 33.8 Å². The van der Waals surface area contributed by atoms with Gasteiger partial charge in [0.25, 0.3) is 0 Å². The SMILES string of the molecule is c1ccc(/C(=C(\c2ccccc2)c2ccsc2)c2ccsc2)cc1. The Labute approximate surface area is 150 Å². The standard InChI is InChI=1S/C22H16S2/c1-3-7-17(8-4-1)21(19-11-13-23-15-19)22(20-12-14-24-16-20)18-9-5-2-6-10-18/h1-16H/b22-21-. The van der Waals surface area contributed by atoms with E-state index in [9.17, 15) is 0 Å². The second kappa shape index (κ2) is 7.00. The number of benzene rings is 2. The van der Waals surface area contributed by atoms with E-state index < -0.39 is 0 Å². The van der Waals surface area contributed by atoms with Crippen LogP contribution in [0.2, 0.25) is 0 Å². The van der Waals surface area contributed by atoms with E-state index in [1.165, 1.54) is 33.4 Å². The van der Waals surface area contributed by atoms with Gasteiger partial charge in [-0.25, -0.2) is 0 Å². The zero-order valence-electron chi connectivity index (χ0n) is 13.1. The topological polar surface area (TPSA) is 0 Å². The molecular formula is C22H16S2. The Morgan fingerprint density at radius 1 is 0.458 bits per heavy atom. The predicted octanol–water partition coefficient (Wildman–Crippen LogP) is 6.82. The minimum absolute atomic E-state index is 1.25. The van der Waals surface area contributed by atoms with Crippen molar-refractivity contribution in [1.82, 2.24) is 0 Å². The van der Waals surface area contributed by atoms with Gasteiger partial charge in [0.15, 0.2) is 0 Å². The molecule has 0 aliphatic heterocycles. The molecule has 24 heavy (non-hydrogen) atoms. The van der Waals surface area contributed by atoms with Crippen LogP contribution in [0.1, 0.15) is 22.3 Å². The Bertz CT molecular complexity index is 837. The highest BCUT2D eigenvalue weighted by molar-refractivity contribution is 7.08. The first kappa shape index (κ1) is 15.1. The van der Waals surface area contributed by atoms with E-state index in [-0.39, 0.29) is 0 Å². The summed E-state index contributed by atoms with van der Waals surface area (Å²) in [5, 5.41) is 8.76. The van der Waals surface area contributed by atoms with Crippen LogP contribution in [0, 0.1) is 0 Å². The first-order valence-electron chi connectivity index (χ1n) is 7.84. The smallest absolute Gasteiger partial charge is 0.00143 e. The lowest BCUT2D eigenvalue weighted by Crippen LogP contribution is -1.95. The molecule has 0 fully saturated rings. The third kappa shape index (κ3) is 2.99. The zero-order valence-corrected chi connectivity index (χ0v) is 14.7. The van der Waals surface area contributed by atoms with Gasteiger partial charge in [-0.3, -0.25) is 0 Å². The second-order valence-corrected chi connectivity index (χ2v) is 7.07. The minimum atomic E-state index is 1.25. The Morgan fingerprint density at radius 2 is 0.875 bits per heavy atom. The lowest BCUT2D eigenvalue weighted by molar-refractivity contribution is 1.54. The highest BCUT2D eigenvalue weighted by Crippen LogP contribution is 2.37. The van der Waals surface area contributed by atoms with Gasteiger partial charge in [-0.2, -0.15) is 22.7 Å². The number of hydrogen-bond donors (Lipinski definition) is 0. The molecule has 4 rings (SSSR count). The molecule has 0 atom stereocenters. The number of thiophene rings is 2. The van der Waals surface area contributed by atoms with Crippen LogP contribution in [0.25, 0.3) is 11.1 Å². The average Bonchev–Trinajstić information content (AvgIpc) is 3.35. The van der Waals surface area contributed by atoms with Crippen molar-refractivity contribution in [3.05, 3.63) is 117 Å². The second-order valence-electron chi connectivity index (χ2n) is 5.51. The van der Waals surface area contributed by atoms with Gasteiger partial charge in [-0.15, -0.1) is 0 Å². The molecule has 2 heterocycles. The van der Waals surface area contributed by atoms with Crippen LogP contribution in [0.4, 0.5) is 0 Å². The highest BCUT2D eigenvalue weighted by atomic mass is 32.1. The maximum Gasteiger partial charge on any atom is -0.00143 e. The van der Waals surface area contributed by atoms with Crippen LogP contribution in [0.5, 0.6) is 0 Å². The summed E-state index contributed by atoms with van der Waals surface area (Å²) in [6, 6.07) is 25.8. The van der Waals surface area contributed by atoms with Gasteiger partial charge in [0.05, 0.1) is 0 Å². The van der Waals surface area contributed by atoms with Gasteiger partial charge in [0.1, 0.15) is 0 Å². The van der Waals surface area contributed by atoms with E-state index in [0.717, 1.165) is 0 Å². The summed E-state index contributed by atoms with van der Waals surface area (Å²) < 4.78 is 0. The van der Waals surface area contributed by atoms with Crippen LogP contribution in [0.3, 0.4) is 0 Å². The normalized spacial score (nSPS) is 12.0. The Kier molecular flexibility index (Phi) is 4.41. The molecule has 0 nitrogen and oxygen atoms in total. The van der Waals surface area contributed by atoms with E-state index in [2.05, 4.69) is 94.3 Å². The Hall–Kier alpha value is -2.42. The fourth-order valence-electron chi connectivity index (χ4n) is 2.93. The lowest BCUT2D eigenvalue weighted by atomic mass is 9.88. The van der Waals surface area contributed by atoms with Gasteiger partial charge in [-0.05, 0) is 67.1 Å². The Balaban J connectivity index is 2.07. The van der Waals surface area contributed by atoms with Crippen molar-refractivity contribution < 1.29 is 0 Å². The predicted molar refractivity (Wildman–Crippen MR) is 107 cm³/mol.